The average molecular weight is 282 g/mol. The summed E-state index contributed by atoms with van der Waals surface area (Å²) >= 11 is 0. The number of hydrogen-bond acceptors (Lipinski definition) is 2. The number of carbonyl (C=O) groups excluding carboxylic acids is 1. The first-order valence-electron chi connectivity index (χ1n) is 6.04. The van der Waals surface area contributed by atoms with E-state index in [1.807, 2.05) is 0 Å². The van der Waals surface area contributed by atoms with E-state index in [0.29, 0.717) is 0 Å². The van der Waals surface area contributed by atoms with Crippen LogP contribution in [0.3, 0.4) is 0 Å². The van der Waals surface area contributed by atoms with Crippen LogP contribution in [0.25, 0.3) is 0 Å². The number of hydrogen-bond donors (Lipinski definition) is 2. The summed E-state index contributed by atoms with van der Waals surface area (Å²) in [5.74, 6) is -3.11. The van der Waals surface area contributed by atoms with E-state index < -0.39 is 30.0 Å². The van der Waals surface area contributed by atoms with Gasteiger partial charge in [-0.15, -0.1) is 0 Å². The van der Waals surface area contributed by atoms with Gasteiger partial charge in [-0.05, 0) is 12.8 Å². The van der Waals surface area contributed by atoms with Crippen LogP contribution in [-0.4, -0.2) is 47.8 Å². The van der Waals surface area contributed by atoms with Gasteiger partial charge < -0.3 is 15.3 Å². The van der Waals surface area contributed by atoms with Crippen LogP contribution in [0.5, 0.6) is 0 Å². The second kappa shape index (κ2) is 6.12. The van der Waals surface area contributed by atoms with E-state index in [0.717, 1.165) is 0 Å². The van der Waals surface area contributed by atoms with Gasteiger partial charge in [-0.2, -0.15) is 13.2 Å². The van der Waals surface area contributed by atoms with Crippen LogP contribution >= 0.6 is 0 Å². The van der Waals surface area contributed by atoms with Crippen LogP contribution in [0.1, 0.15) is 19.8 Å². The Kier molecular flexibility index (Phi) is 5.02. The van der Waals surface area contributed by atoms with E-state index in [9.17, 15) is 22.8 Å². The van der Waals surface area contributed by atoms with E-state index in [1.165, 1.54) is 11.8 Å². The van der Waals surface area contributed by atoms with Crippen molar-refractivity contribution >= 4 is 12.0 Å². The van der Waals surface area contributed by atoms with Crippen molar-refractivity contribution in [3.05, 3.63) is 0 Å². The fourth-order valence-electron chi connectivity index (χ4n) is 1.85. The fourth-order valence-corrected chi connectivity index (χ4v) is 1.85. The molecule has 0 spiro atoms. The third-order valence-electron chi connectivity index (χ3n) is 3.23. The molecule has 0 radical (unpaired) electrons. The number of likely N-dealkylation sites (tertiary alicyclic amines) is 1. The SMILES string of the molecule is CC(CNC(=O)N1CCC(C(F)(F)F)CC1)C(=O)O. The Morgan fingerprint density at radius 3 is 2.32 bits per heavy atom. The molecule has 0 aromatic carbocycles. The van der Waals surface area contributed by atoms with Gasteiger partial charge in [0.2, 0.25) is 0 Å². The summed E-state index contributed by atoms with van der Waals surface area (Å²) in [6.07, 6.45) is -4.42. The van der Waals surface area contributed by atoms with Crippen molar-refractivity contribution < 1.29 is 27.9 Å². The van der Waals surface area contributed by atoms with Crippen LogP contribution in [-0.2, 0) is 4.79 Å². The molecule has 1 aliphatic heterocycles. The van der Waals surface area contributed by atoms with Gasteiger partial charge in [0.05, 0.1) is 11.8 Å². The minimum absolute atomic E-state index is 0.0344. The molecular weight excluding hydrogens is 265 g/mol. The van der Waals surface area contributed by atoms with Crippen LogP contribution in [0.15, 0.2) is 0 Å². The topological polar surface area (TPSA) is 69.6 Å². The Labute approximate surface area is 108 Å². The number of carboxylic acid groups (broad SMARTS) is 1. The first-order chi connectivity index (χ1) is 8.71. The molecule has 1 unspecified atom stereocenters. The second-order valence-corrected chi connectivity index (χ2v) is 4.73. The van der Waals surface area contributed by atoms with Gasteiger partial charge in [-0.1, -0.05) is 6.92 Å². The Balaban J connectivity index is 2.35. The Morgan fingerprint density at radius 2 is 1.89 bits per heavy atom. The number of amides is 2. The van der Waals surface area contributed by atoms with E-state index in [1.54, 1.807) is 0 Å². The standard InChI is InChI=1S/C11H17F3N2O3/c1-7(9(17)18)6-15-10(19)16-4-2-8(3-5-16)11(12,13)14/h7-8H,2-6H2,1H3,(H,15,19)(H,17,18). The maximum atomic E-state index is 12.4. The average Bonchev–Trinajstić information content (AvgIpc) is 2.34. The Morgan fingerprint density at radius 1 is 1.37 bits per heavy atom. The molecule has 2 N–H and O–H groups in total. The summed E-state index contributed by atoms with van der Waals surface area (Å²) in [5, 5.41) is 11.1. The first-order valence-corrected chi connectivity index (χ1v) is 6.04. The van der Waals surface area contributed by atoms with Crippen molar-refractivity contribution in [3.63, 3.8) is 0 Å². The number of nitrogens with one attached hydrogen (secondary N) is 1. The Hall–Kier alpha value is -1.47. The zero-order chi connectivity index (χ0) is 14.6. The zero-order valence-electron chi connectivity index (χ0n) is 10.5. The molecule has 19 heavy (non-hydrogen) atoms. The van der Waals surface area contributed by atoms with Gasteiger partial charge in [-0.25, -0.2) is 4.79 Å². The van der Waals surface area contributed by atoms with Gasteiger partial charge in [-0.3, -0.25) is 4.79 Å². The number of piperidine rings is 1. The lowest BCUT2D eigenvalue weighted by atomic mass is 9.96. The number of rotatable bonds is 3. The normalized spacial score (nSPS) is 19.1. The summed E-state index contributed by atoms with van der Waals surface area (Å²) in [7, 11) is 0. The monoisotopic (exact) mass is 282 g/mol. The van der Waals surface area contributed by atoms with Gasteiger partial charge in [0.15, 0.2) is 0 Å². The van der Waals surface area contributed by atoms with E-state index in [2.05, 4.69) is 5.32 Å². The van der Waals surface area contributed by atoms with Crippen molar-refractivity contribution in [2.45, 2.75) is 25.9 Å². The van der Waals surface area contributed by atoms with E-state index in [-0.39, 0.29) is 32.5 Å². The van der Waals surface area contributed by atoms with Crippen molar-refractivity contribution in [3.8, 4) is 0 Å². The molecule has 1 rings (SSSR count). The molecule has 5 nitrogen and oxygen atoms in total. The maximum Gasteiger partial charge on any atom is 0.391 e. The number of nitrogens with zero attached hydrogens (tertiary/aromatic N) is 1. The molecule has 8 heteroatoms. The highest BCUT2D eigenvalue weighted by Crippen LogP contribution is 2.33. The number of urea groups is 1. The second-order valence-electron chi connectivity index (χ2n) is 4.73. The number of halogens is 3. The van der Waals surface area contributed by atoms with Gasteiger partial charge in [0.1, 0.15) is 0 Å². The minimum Gasteiger partial charge on any atom is -0.481 e. The molecule has 0 aromatic heterocycles. The molecule has 1 aliphatic rings. The number of aliphatic carboxylic acids is 1. The molecule has 0 aromatic rings. The highest BCUT2D eigenvalue weighted by molar-refractivity contribution is 5.76. The molecule has 2 amide bonds. The van der Waals surface area contributed by atoms with E-state index in [4.69, 9.17) is 5.11 Å². The number of alkyl halides is 3. The number of carbonyl (C=O) groups is 2. The molecule has 0 saturated carbocycles. The van der Waals surface area contributed by atoms with Crippen molar-refractivity contribution in [2.75, 3.05) is 19.6 Å². The van der Waals surface area contributed by atoms with Crippen LogP contribution in [0.2, 0.25) is 0 Å². The largest absolute Gasteiger partial charge is 0.481 e. The highest BCUT2D eigenvalue weighted by atomic mass is 19.4. The van der Waals surface area contributed by atoms with Gasteiger partial charge >= 0.3 is 18.2 Å². The van der Waals surface area contributed by atoms with Crippen LogP contribution in [0, 0.1) is 11.8 Å². The lowest BCUT2D eigenvalue weighted by Gasteiger charge is -2.33. The molecule has 0 bridgehead atoms. The summed E-state index contributed by atoms with van der Waals surface area (Å²) in [4.78, 5) is 23.5. The third kappa shape index (κ3) is 4.60. The molecule has 1 fully saturated rings. The van der Waals surface area contributed by atoms with Crippen LogP contribution in [0.4, 0.5) is 18.0 Å². The predicted molar refractivity (Wildman–Crippen MR) is 60.6 cm³/mol. The van der Waals surface area contributed by atoms with Crippen molar-refractivity contribution in [1.82, 2.24) is 10.2 Å². The molecule has 110 valence electrons. The smallest absolute Gasteiger partial charge is 0.391 e. The molecule has 1 saturated heterocycles. The summed E-state index contributed by atoms with van der Waals surface area (Å²) in [6.45, 7) is 1.49. The lowest BCUT2D eigenvalue weighted by Crippen LogP contribution is -2.47. The van der Waals surface area contributed by atoms with Crippen molar-refractivity contribution in [1.29, 1.82) is 0 Å². The third-order valence-corrected chi connectivity index (χ3v) is 3.23. The zero-order valence-corrected chi connectivity index (χ0v) is 10.5. The van der Waals surface area contributed by atoms with Crippen LogP contribution < -0.4 is 5.32 Å². The minimum atomic E-state index is -4.21. The molecular formula is C11H17F3N2O3. The van der Waals surface area contributed by atoms with Gasteiger partial charge in [0.25, 0.3) is 0 Å². The summed E-state index contributed by atoms with van der Waals surface area (Å²) in [5.41, 5.74) is 0. The van der Waals surface area contributed by atoms with Gasteiger partial charge in [0, 0.05) is 19.6 Å². The maximum absolute atomic E-state index is 12.4. The summed E-state index contributed by atoms with van der Waals surface area (Å²) in [6, 6.07) is -0.506. The first kappa shape index (κ1) is 15.6. The number of carboxylic acids is 1. The summed E-state index contributed by atoms with van der Waals surface area (Å²) < 4.78 is 37.3. The van der Waals surface area contributed by atoms with Crippen molar-refractivity contribution in [2.24, 2.45) is 11.8 Å². The fraction of sp³-hybridized carbons (Fsp3) is 0.818. The molecule has 0 aliphatic carbocycles. The lowest BCUT2D eigenvalue weighted by molar-refractivity contribution is -0.183. The molecule has 1 atom stereocenters. The molecule has 1 heterocycles. The van der Waals surface area contributed by atoms with E-state index >= 15 is 0 Å². The predicted octanol–water partition coefficient (Wildman–Crippen LogP) is 1.69. The highest BCUT2D eigenvalue weighted by Gasteiger charge is 2.41. The Bertz CT molecular complexity index is 339. The quantitative estimate of drug-likeness (QED) is 0.827.